The second-order valence-electron chi connectivity index (χ2n) is 7.09. The highest BCUT2D eigenvalue weighted by molar-refractivity contribution is 7.91. The standard InChI is InChI=1S/C17H26N2O4S2/c1-12(2)15-11-13(7-9-23-15)18-17(20)14-5-3-8-19(14)25(21,22)16-6-4-10-24-16/h4,6,10,12-15H,3,5,7-9,11H2,1-2H3,(H,18,20)/t13-,14-,15+/m1/s1. The van der Waals surface area contributed by atoms with Gasteiger partial charge in [0.15, 0.2) is 0 Å². The molecular weight excluding hydrogens is 360 g/mol. The molecule has 140 valence electrons. The zero-order valence-electron chi connectivity index (χ0n) is 14.7. The van der Waals surface area contributed by atoms with Crippen molar-refractivity contribution in [1.29, 1.82) is 0 Å². The van der Waals surface area contributed by atoms with Gasteiger partial charge in [0.05, 0.1) is 6.10 Å². The van der Waals surface area contributed by atoms with Gasteiger partial charge in [0.25, 0.3) is 10.0 Å². The number of carbonyl (C=O) groups is 1. The van der Waals surface area contributed by atoms with Crippen LogP contribution in [-0.4, -0.2) is 50.0 Å². The predicted molar refractivity (Wildman–Crippen MR) is 97.0 cm³/mol. The molecule has 3 heterocycles. The third kappa shape index (κ3) is 4.07. The summed E-state index contributed by atoms with van der Waals surface area (Å²) in [5, 5.41) is 4.81. The van der Waals surface area contributed by atoms with Gasteiger partial charge in [-0.15, -0.1) is 11.3 Å². The normalized spacial score (nSPS) is 28.4. The first-order chi connectivity index (χ1) is 11.9. The number of thiophene rings is 1. The van der Waals surface area contributed by atoms with E-state index in [4.69, 9.17) is 4.74 Å². The molecule has 0 spiro atoms. The third-order valence-electron chi connectivity index (χ3n) is 4.97. The number of sulfonamides is 1. The molecule has 8 heteroatoms. The fraction of sp³-hybridized carbons (Fsp3) is 0.706. The van der Waals surface area contributed by atoms with Gasteiger partial charge in [-0.05, 0) is 43.0 Å². The molecule has 1 amide bonds. The van der Waals surface area contributed by atoms with E-state index < -0.39 is 16.1 Å². The predicted octanol–water partition coefficient (Wildman–Crippen LogP) is 2.22. The highest BCUT2D eigenvalue weighted by Crippen LogP contribution is 2.29. The number of hydrogen-bond acceptors (Lipinski definition) is 5. The largest absolute Gasteiger partial charge is 0.378 e. The first-order valence-corrected chi connectivity index (χ1v) is 11.2. The van der Waals surface area contributed by atoms with Crippen LogP contribution in [0.2, 0.25) is 0 Å². The van der Waals surface area contributed by atoms with E-state index in [1.807, 2.05) is 0 Å². The Morgan fingerprint density at radius 2 is 2.20 bits per heavy atom. The fourth-order valence-corrected chi connectivity index (χ4v) is 6.31. The summed E-state index contributed by atoms with van der Waals surface area (Å²) in [5.74, 6) is 0.230. The van der Waals surface area contributed by atoms with Crippen LogP contribution in [0.25, 0.3) is 0 Å². The quantitative estimate of drug-likeness (QED) is 0.842. The maximum Gasteiger partial charge on any atom is 0.253 e. The second-order valence-corrected chi connectivity index (χ2v) is 10.2. The summed E-state index contributed by atoms with van der Waals surface area (Å²) in [5.41, 5.74) is 0. The molecule has 0 bridgehead atoms. The summed E-state index contributed by atoms with van der Waals surface area (Å²) < 4.78 is 33.0. The number of rotatable bonds is 5. The topological polar surface area (TPSA) is 75.7 Å². The minimum Gasteiger partial charge on any atom is -0.378 e. The van der Waals surface area contributed by atoms with E-state index in [1.165, 1.54) is 15.6 Å². The Bertz CT molecular complexity index is 688. The lowest BCUT2D eigenvalue weighted by Crippen LogP contribution is -2.51. The van der Waals surface area contributed by atoms with Crippen molar-refractivity contribution in [2.24, 2.45) is 5.92 Å². The summed E-state index contributed by atoms with van der Waals surface area (Å²) in [6.07, 6.45) is 3.00. The van der Waals surface area contributed by atoms with Gasteiger partial charge < -0.3 is 10.1 Å². The number of ether oxygens (including phenoxy) is 1. The smallest absolute Gasteiger partial charge is 0.253 e. The first kappa shape index (κ1) is 18.8. The molecule has 3 atom stereocenters. The summed E-state index contributed by atoms with van der Waals surface area (Å²) in [6, 6.07) is 2.77. The maximum absolute atomic E-state index is 12.8. The molecule has 1 N–H and O–H groups in total. The van der Waals surface area contributed by atoms with Crippen molar-refractivity contribution < 1.29 is 17.9 Å². The van der Waals surface area contributed by atoms with Crippen LogP contribution in [0, 0.1) is 5.92 Å². The number of carbonyl (C=O) groups excluding carboxylic acids is 1. The van der Waals surface area contributed by atoms with Crippen molar-refractivity contribution in [3.63, 3.8) is 0 Å². The summed E-state index contributed by atoms with van der Waals surface area (Å²) in [4.78, 5) is 12.8. The van der Waals surface area contributed by atoms with Gasteiger partial charge >= 0.3 is 0 Å². The molecule has 0 unspecified atom stereocenters. The van der Waals surface area contributed by atoms with Gasteiger partial charge in [0.1, 0.15) is 10.3 Å². The van der Waals surface area contributed by atoms with Crippen molar-refractivity contribution in [3.8, 4) is 0 Å². The van der Waals surface area contributed by atoms with Gasteiger partial charge in [0, 0.05) is 19.2 Å². The minimum atomic E-state index is -3.59. The van der Waals surface area contributed by atoms with Gasteiger partial charge in [-0.3, -0.25) is 4.79 Å². The molecule has 25 heavy (non-hydrogen) atoms. The average molecular weight is 387 g/mol. The SMILES string of the molecule is CC(C)[C@@H]1C[C@H](NC(=O)[C@H]2CCCN2S(=O)(=O)c2cccs2)CCO1. The monoisotopic (exact) mass is 386 g/mol. The second kappa shape index (κ2) is 7.73. The molecule has 3 rings (SSSR count). The molecule has 6 nitrogen and oxygen atoms in total. The van der Waals surface area contributed by atoms with E-state index in [0.717, 1.165) is 12.8 Å². The molecule has 2 aliphatic rings. The molecule has 0 aliphatic carbocycles. The van der Waals surface area contributed by atoms with Crippen LogP contribution >= 0.6 is 11.3 Å². The van der Waals surface area contributed by atoms with Crippen LogP contribution in [0.15, 0.2) is 21.7 Å². The Balaban J connectivity index is 1.67. The van der Waals surface area contributed by atoms with E-state index in [1.54, 1.807) is 17.5 Å². The van der Waals surface area contributed by atoms with Gasteiger partial charge in [-0.1, -0.05) is 19.9 Å². The number of nitrogens with one attached hydrogen (secondary N) is 1. The molecule has 0 radical (unpaired) electrons. The summed E-state index contributed by atoms with van der Waals surface area (Å²) in [6.45, 7) is 5.26. The maximum atomic E-state index is 12.8. The molecular formula is C17H26N2O4S2. The molecule has 1 aromatic rings. The van der Waals surface area contributed by atoms with Crippen molar-refractivity contribution in [2.75, 3.05) is 13.2 Å². The van der Waals surface area contributed by atoms with Gasteiger partial charge in [0.2, 0.25) is 5.91 Å². The van der Waals surface area contributed by atoms with Crippen LogP contribution in [-0.2, 0) is 19.6 Å². The van der Waals surface area contributed by atoms with Crippen LogP contribution in [0.1, 0.15) is 39.5 Å². The number of amides is 1. The van der Waals surface area contributed by atoms with Crippen LogP contribution < -0.4 is 5.32 Å². The summed E-state index contributed by atoms with van der Waals surface area (Å²) >= 11 is 1.19. The molecule has 0 aromatic carbocycles. The van der Waals surface area contributed by atoms with Gasteiger partial charge in [-0.25, -0.2) is 8.42 Å². The Hall–Kier alpha value is -0.960. The first-order valence-electron chi connectivity index (χ1n) is 8.87. The minimum absolute atomic E-state index is 0.0561. The Kier molecular flexibility index (Phi) is 5.82. The van der Waals surface area contributed by atoms with Crippen molar-refractivity contribution in [1.82, 2.24) is 9.62 Å². The third-order valence-corrected chi connectivity index (χ3v) is 8.25. The zero-order valence-corrected chi connectivity index (χ0v) is 16.3. The van der Waals surface area contributed by atoms with Crippen LogP contribution in [0.5, 0.6) is 0 Å². The van der Waals surface area contributed by atoms with Crippen molar-refractivity contribution in [3.05, 3.63) is 17.5 Å². The molecule has 0 saturated carbocycles. The highest BCUT2D eigenvalue weighted by Gasteiger charge is 2.40. The van der Waals surface area contributed by atoms with E-state index in [-0.39, 0.29) is 18.1 Å². The Morgan fingerprint density at radius 3 is 2.88 bits per heavy atom. The van der Waals surface area contributed by atoms with E-state index >= 15 is 0 Å². The lowest BCUT2D eigenvalue weighted by atomic mass is 9.95. The molecule has 2 aliphatic heterocycles. The van der Waals surface area contributed by atoms with Crippen molar-refractivity contribution >= 4 is 27.3 Å². The van der Waals surface area contributed by atoms with Crippen LogP contribution in [0.4, 0.5) is 0 Å². The number of nitrogens with zero attached hydrogens (tertiary/aromatic N) is 1. The lowest BCUT2D eigenvalue weighted by Gasteiger charge is -2.33. The molecule has 1 aromatic heterocycles. The molecule has 2 fully saturated rings. The van der Waals surface area contributed by atoms with E-state index in [2.05, 4.69) is 19.2 Å². The Labute approximate surface area is 153 Å². The van der Waals surface area contributed by atoms with E-state index in [9.17, 15) is 13.2 Å². The summed E-state index contributed by atoms with van der Waals surface area (Å²) in [7, 11) is -3.59. The molecule has 2 saturated heterocycles. The highest BCUT2D eigenvalue weighted by atomic mass is 32.2. The fourth-order valence-electron chi connectivity index (χ4n) is 3.54. The van der Waals surface area contributed by atoms with Gasteiger partial charge in [-0.2, -0.15) is 4.31 Å². The van der Waals surface area contributed by atoms with Crippen molar-refractivity contribution in [2.45, 2.75) is 61.9 Å². The van der Waals surface area contributed by atoms with E-state index in [0.29, 0.717) is 36.1 Å². The Morgan fingerprint density at radius 1 is 1.40 bits per heavy atom. The lowest BCUT2D eigenvalue weighted by molar-refractivity contribution is -0.126. The van der Waals surface area contributed by atoms with Crippen LogP contribution in [0.3, 0.4) is 0 Å². The number of hydrogen-bond donors (Lipinski definition) is 1. The zero-order chi connectivity index (χ0) is 18.0. The average Bonchev–Trinajstić information content (AvgIpc) is 3.27.